The van der Waals surface area contributed by atoms with Crippen molar-refractivity contribution in [3.05, 3.63) is 47.0 Å². The van der Waals surface area contributed by atoms with Gasteiger partial charge in [-0.25, -0.2) is 0 Å². The first kappa shape index (κ1) is 26.1. The van der Waals surface area contributed by atoms with Crippen LogP contribution in [0.25, 0.3) is 0 Å². The highest BCUT2D eigenvalue weighted by Crippen LogP contribution is 2.33. The molecule has 1 fully saturated rings. The molecule has 1 unspecified atom stereocenters. The lowest BCUT2D eigenvalue weighted by molar-refractivity contribution is -0.130. The van der Waals surface area contributed by atoms with E-state index in [1.807, 2.05) is 18.2 Å². The third-order valence-electron chi connectivity index (χ3n) is 7.55. The first-order chi connectivity index (χ1) is 17.5. The first-order valence-corrected chi connectivity index (χ1v) is 13.0. The smallest absolute Gasteiger partial charge is 0.227 e. The van der Waals surface area contributed by atoms with Crippen LogP contribution in [0.4, 0.5) is 0 Å². The third-order valence-corrected chi connectivity index (χ3v) is 7.55. The molecule has 2 heterocycles. The van der Waals surface area contributed by atoms with Gasteiger partial charge >= 0.3 is 0 Å². The van der Waals surface area contributed by atoms with Gasteiger partial charge in [-0.1, -0.05) is 12.5 Å². The number of hydrogen-bond acceptors (Lipinski definition) is 6. The second-order valence-electron chi connectivity index (χ2n) is 9.84. The highest BCUT2D eigenvalue weighted by molar-refractivity contribution is 5.80. The van der Waals surface area contributed by atoms with Crippen molar-refractivity contribution in [3.8, 4) is 23.0 Å². The minimum absolute atomic E-state index is 0.210. The van der Waals surface area contributed by atoms with Crippen molar-refractivity contribution in [2.75, 3.05) is 61.2 Å². The molecule has 0 spiro atoms. The molecule has 0 N–H and O–H groups in total. The Morgan fingerprint density at radius 3 is 2.25 bits per heavy atom. The molecule has 2 aromatic rings. The molecule has 2 aliphatic rings. The zero-order valence-corrected chi connectivity index (χ0v) is 22.2. The van der Waals surface area contributed by atoms with E-state index in [0.29, 0.717) is 18.1 Å². The Morgan fingerprint density at radius 1 is 0.833 bits per heavy atom. The van der Waals surface area contributed by atoms with E-state index in [9.17, 15) is 4.79 Å². The van der Waals surface area contributed by atoms with Gasteiger partial charge in [0.05, 0.1) is 34.9 Å². The van der Waals surface area contributed by atoms with Crippen LogP contribution >= 0.6 is 0 Å². The van der Waals surface area contributed by atoms with Crippen LogP contribution < -0.4 is 18.9 Å². The fourth-order valence-corrected chi connectivity index (χ4v) is 5.51. The number of rotatable bonds is 9. The summed E-state index contributed by atoms with van der Waals surface area (Å²) in [7, 11) is 6.63. The number of ether oxygens (including phenoxy) is 4. The van der Waals surface area contributed by atoms with E-state index >= 15 is 0 Å². The van der Waals surface area contributed by atoms with Crippen LogP contribution in [0.15, 0.2) is 30.3 Å². The third kappa shape index (κ3) is 6.25. The van der Waals surface area contributed by atoms with Crippen molar-refractivity contribution in [1.29, 1.82) is 0 Å². The number of hydrogen-bond donors (Lipinski definition) is 0. The van der Waals surface area contributed by atoms with Crippen LogP contribution in [0.2, 0.25) is 0 Å². The van der Waals surface area contributed by atoms with Crippen molar-refractivity contribution >= 4 is 5.91 Å². The molecule has 7 nitrogen and oxygen atoms in total. The summed E-state index contributed by atoms with van der Waals surface area (Å²) < 4.78 is 21.8. The monoisotopic (exact) mass is 496 g/mol. The quantitative estimate of drug-likeness (QED) is 0.523. The topological polar surface area (TPSA) is 60.5 Å². The van der Waals surface area contributed by atoms with Gasteiger partial charge in [0.25, 0.3) is 0 Å². The van der Waals surface area contributed by atoms with Crippen LogP contribution in [-0.2, 0) is 24.1 Å². The molecule has 0 radical (unpaired) electrons. The predicted molar refractivity (Wildman–Crippen MR) is 141 cm³/mol. The molecule has 7 heteroatoms. The number of benzene rings is 2. The van der Waals surface area contributed by atoms with Gasteiger partial charge in [0.1, 0.15) is 0 Å². The molecule has 0 aromatic heterocycles. The lowest BCUT2D eigenvalue weighted by Gasteiger charge is -2.29. The van der Waals surface area contributed by atoms with Crippen LogP contribution in [0.3, 0.4) is 0 Å². The maximum Gasteiger partial charge on any atom is 0.227 e. The molecule has 196 valence electrons. The SMILES string of the molecule is COc1ccc(CCN2CCCCC(CN3CCc4cc(OC)c(OC)cc4CC3=O)C2)cc1OC. The van der Waals surface area contributed by atoms with Gasteiger partial charge in [-0.3, -0.25) is 4.79 Å². The van der Waals surface area contributed by atoms with E-state index in [1.54, 1.807) is 28.4 Å². The van der Waals surface area contributed by atoms with E-state index < -0.39 is 0 Å². The molecule has 2 aliphatic heterocycles. The molecule has 0 saturated carbocycles. The molecule has 2 aromatic carbocycles. The van der Waals surface area contributed by atoms with Crippen molar-refractivity contribution in [3.63, 3.8) is 0 Å². The molecule has 1 saturated heterocycles. The molecular weight excluding hydrogens is 456 g/mol. The summed E-state index contributed by atoms with van der Waals surface area (Å²) in [5, 5.41) is 0. The Balaban J connectivity index is 1.36. The van der Waals surface area contributed by atoms with Crippen molar-refractivity contribution in [2.24, 2.45) is 5.92 Å². The van der Waals surface area contributed by atoms with Crippen molar-refractivity contribution < 1.29 is 23.7 Å². The van der Waals surface area contributed by atoms with Gasteiger partial charge < -0.3 is 28.7 Å². The van der Waals surface area contributed by atoms with Crippen LogP contribution in [0, 0.1) is 5.92 Å². The average Bonchev–Trinajstić information content (AvgIpc) is 3.22. The number of likely N-dealkylation sites (tertiary alicyclic amines) is 1. The van der Waals surface area contributed by atoms with Crippen LogP contribution in [0.5, 0.6) is 23.0 Å². The van der Waals surface area contributed by atoms with Gasteiger partial charge in [-0.05, 0) is 79.1 Å². The van der Waals surface area contributed by atoms with Gasteiger partial charge in [0.15, 0.2) is 23.0 Å². The minimum atomic E-state index is 0.210. The van der Waals surface area contributed by atoms with E-state index in [0.717, 1.165) is 68.4 Å². The van der Waals surface area contributed by atoms with E-state index in [1.165, 1.54) is 30.4 Å². The largest absolute Gasteiger partial charge is 0.493 e. The number of carbonyl (C=O) groups is 1. The highest BCUT2D eigenvalue weighted by atomic mass is 16.5. The Bertz CT molecular complexity index is 1040. The Morgan fingerprint density at radius 2 is 1.53 bits per heavy atom. The Labute approximate surface area is 215 Å². The number of methoxy groups -OCH3 is 4. The fraction of sp³-hybridized carbons (Fsp3) is 0.552. The van der Waals surface area contributed by atoms with Gasteiger partial charge in [0.2, 0.25) is 5.91 Å². The molecule has 1 atom stereocenters. The summed E-state index contributed by atoms with van der Waals surface area (Å²) in [6, 6.07) is 10.2. The average molecular weight is 497 g/mol. The maximum atomic E-state index is 13.2. The highest BCUT2D eigenvalue weighted by Gasteiger charge is 2.26. The number of fused-ring (bicyclic) bond motifs is 1. The lowest BCUT2D eigenvalue weighted by atomic mass is 10.0. The Kier molecular flexibility index (Phi) is 8.97. The van der Waals surface area contributed by atoms with Crippen molar-refractivity contribution in [2.45, 2.75) is 38.5 Å². The lowest BCUT2D eigenvalue weighted by Crippen LogP contribution is -2.40. The summed E-state index contributed by atoms with van der Waals surface area (Å²) in [5.41, 5.74) is 3.48. The zero-order valence-electron chi connectivity index (χ0n) is 22.2. The molecule has 0 bridgehead atoms. The van der Waals surface area contributed by atoms with Gasteiger partial charge in [-0.15, -0.1) is 0 Å². The van der Waals surface area contributed by atoms with E-state index in [4.69, 9.17) is 18.9 Å². The zero-order chi connectivity index (χ0) is 25.5. The molecule has 36 heavy (non-hydrogen) atoms. The summed E-state index contributed by atoms with van der Waals surface area (Å²) in [6.07, 6.45) is 5.83. The molecular formula is C29H40N2O5. The summed E-state index contributed by atoms with van der Waals surface area (Å²) in [6.45, 7) is 4.73. The van der Waals surface area contributed by atoms with Gasteiger partial charge in [-0.2, -0.15) is 0 Å². The van der Waals surface area contributed by atoms with E-state index in [-0.39, 0.29) is 5.91 Å². The molecule has 0 aliphatic carbocycles. The first-order valence-electron chi connectivity index (χ1n) is 13.0. The number of amides is 1. The standard InChI is InChI=1S/C29H40N2O5/c1-33-25-9-8-21(15-26(25)34-2)10-13-30-12-6-5-7-22(19-30)20-31-14-11-23-16-27(35-3)28(36-4)17-24(23)18-29(31)32/h8-9,15-17,22H,5-7,10-14,18-20H2,1-4H3. The van der Waals surface area contributed by atoms with Gasteiger partial charge in [0, 0.05) is 26.2 Å². The number of nitrogens with zero attached hydrogens (tertiary/aromatic N) is 2. The fourth-order valence-electron chi connectivity index (χ4n) is 5.51. The second kappa shape index (κ2) is 12.3. The van der Waals surface area contributed by atoms with Crippen LogP contribution in [0.1, 0.15) is 36.0 Å². The summed E-state index contributed by atoms with van der Waals surface area (Å²) in [5.74, 6) is 3.66. The summed E-state index contributed by atoms with van der Waals surface area (Å²) in [4.78, 5) is 17.9. The molecule has 1 amide bonds. The second-order valence-corrected chi connectivity index (χ2v) is 9.84. The normalized spacial score (nSPS) is 18.7. The minimum Gasteiger partial charge on any atom is -0.493 e. The molecule has 4 rings (SSSR count). The Hall–Kier alpha value is -2.93. The number of carbonyl (C=O) groups excluding carboxylic acids is 1. The predicted octanol–water partition coefficient (Wildman–Crippen LogP) is 3.99. The van der Waals surface area contributed by atoms with Crippen LogP contribution in [-0.4, -0.2) is 76.9 Å². The van der Waals surface area contributed by atoms with Crippen molar-refractivity contribution in [1.82, 2.24) is 9.80 Å². The maximum absolute atomic E-state index is 13.2. The van der Waals surface area contributed by atoms with E-state index in [2.05, 4.69) is 21.9 Å². The summed E-state index contributed by atoms with van der Waals surface area (Å²) >= 11 is 0.